The first-order valence-corrected chi connectivity index (χ1v) is 4.56. The third kappa shape index (κ3) is 1.07. The minimum atomic E-state index is 0.724. The second kappa shape index (κ2) is 2.22. The van der Waals surface area contributed by atoms with Crippen LogP contribution in [0.1, 0.15) is 24.6 Å². The molecule has 54 valence electrons. The van der Waals surface area contributed by atoms with Crippen molar-refractivity contribution in [3.05, 3.63) is 15.5 Å². The first-order chi connectivity index (χ1) is 4.77. The molecule has 1 saturated carbocycles. The molecule has 10 heavy (non-hydrogen) atoms. The van der Waals surface area contributed by atoms with Gasteiger partial charge in [-0.2, -0.15) is 5.10 Å². The molecule has 2 nitrogen and oxygen atoms in total. The average Bonchev–Trinajstić information content (AvgIpc) is 2.64. The van der Waals surface area contributed by atoms with Gasteiger partial charge in [-0.05, 0) is 42.4 Å². The van der Waals surface area contributed by atoms with E-state index >= 15 is 0 Å². The fourth-order valence-corrected chi connectivity index (χ4v) is 1.38. The molecular formula is C7H9IN2. The molecule has 0 unspecified atom stereocenters. The molecule has 1 aliphatic rings. The molecule has 0 aliphatic heterocycles. The van der Waals surface area contributed by atoms with Crippen LogP contribution in [0.15, 0.2) is 6.20 Å². The van der Waals surface area contributed by atoms with Crippen LogP contribution in [0.5, 0.6) is 0 Å². The molecule has 1 aromatic rings. The van der Waals surface area contributed by atoms with E-state index < -0.39 is 0 Å². The van der Waals surface area contributed by atoms with Crippen molar-refractivity contribution in [2.45, 2.75) is 25.8 Å². The molecule has 1 aromatic heterocycles. The third-order valence-electron chi connectivity index (χ3n) is 1.78. The van der Waals surface area contributed by atoms with E-state index in [2.05, 4.69) is 45.5 Å². The largest absolute Gasteiger partial charge is 0.268 e. The maximum Gasteiger partial charge on any atom is 0.0727 e. The molecule has 0 amide bonds. The zero-order valence-electron chi connectivity index (χ0n) is 5.84. The van der Waals surface area contributed by atoms with E-state index in [0.29, 0.717) is 0 Å². The van der Waals surface area contributed by atoms with E-state index in [4.69, 9.17) is 0 Å². The van der Waals surface area contributed by atoms with Gasteiger partial charge in [0.1, 0.15) is 0 Å². The number of nitrogens with zero attached hydrogens (tertiary/aromatic N) is 2. The summed E-state index contributed by atoms with van der Waals surface area (Å²) in [6.45, 7) is 2.06. The summed E-state index contributed by atoms with van der Waals surface area (Å²) < 4.78 is 3.38. The number of aromatic nitrogens is 2. The quantitative estimate of drug-likeness (QED) is 0.696. The van der Waals surface area contributed by atoms with Crippen molar-refractivity contribution >= 4 is 22.6 Å². The summed E-state index contributed by atoms with van der Waals surface area (Å²) in [6.07, 6.45) is 4.77. The molecule has 0 atom stereocenters. The van der Waals surface area contributed by atoms with Crippen LogP contribution in [0.25, 0.3) is 0 Å². The van der Waals surface area contributed by atoms with Crippen molar-refractivity contribution in [3.63, 3.8) is 0 Å². The van der Waals surface area contributed by atoms with Crippen molar-refractivity contribution in [2.24, 2.45) is 0 Å². The summed E-state index contributed by atoms with van der Waals surface area (Å²) >= 11 is 2.32. The Balaban J connectivity index is 2.34. The highest BCUT2D eigenvalue weighted by Gasteiger charge is 2.24. The molecule has 0 aromatic carbocycles. The van der Waals surface area contributed by atoms with Crippen molar-refractivity contribution in [1.82, 2.24) is 9.78 Å². The first-order valence-electron chi connectivity index (χ1n) is 3.48. The summed E-state index contributed by atoms with van der Waals surface area (Å²) in [5.74, 6) is 0. The van der Waals surface area contributed by atoms with Gasteiger partial charge in [0.05, 0.1) is 15.3 Å². The zero-order chi connectivity index (χ0) is 7.14. The summed E-state index contributed by atoms with van der Waals surface area (Å²) in [4.78, 5) is 0. The van der Waals surface area contributed by atoms with Crippen LogP contribution in [0.3, 0.4) is 0 Å². The maximum absolute atomic E-state index is 4.38. The summed E-state index contributed by atoms with van der Waals surface area (Å²) in [7, 11) is 0. The van der Waals surface area contributed by atoms with E-state index in [1.807, 2.05) is 0 Å². The normalized spacial score (nSPS) is 17.8. The van der Waals surface area contributed by atoms with Crippen molar-refractivity contribution in [1.29, 1.82) is 0 Å². The number of hydrogen-bond acceptors (Lipinski definition) is 1. The molecule has 1 aliphatic carbocycles. The molecule has 0 radical (unpaired) electrons. The van der Waals surface area contributed by atoms with Gasteiger partial charge in [-0.1, -0.05) is 0 Å². The molecule has 0 bridgehead atoms. The molecule has 3 heteroatoms. The number of hydrogen-bond donors (Lipinski definition) is 0. The highest BCUT2D eigenvalue weighted by atomic mass is 127. The zero-order valence-corrected chi connectivity index (χ0v) is 8.00. The Morgan fingerprint density at radius 2 is 2.40 bits per heavy atom. The third-order valence-corrected chi connectivity index (χ3v) is 2.84. The van der Waals surface area contributed by atoms with Crippen LogP contribution in [0, 0.1) is 10.5 Å². The maximum atomic E-state index is 4.38. The van der Waals surface area contributed by atoms with E-state index in [1.54, 1.807) is 0 Å². The van der Waals surface area contributed by atoms with E-state index in [0.717, 1.165) is 11.7 Å². The van der Waals surface area contributed by atoms with Gasteiger partial charge in [0, 0.05) is 6.20 Å². The molecule has 1 heterocycles. The van der Waals surface area contributed by atoms with Crippen LogP contribution >= 0.6 is 22.6 Å². The fraction of sp³-hybridized carbons (Fsp3) is 0.571. The second-order valence-corrected chi connectivity index (χ2v) is 3.94. The predicted octanol–water partition coefficient (Wildman–Crippen LogP) is 2.13. The average molecular weight is 248 g/mol. The summed E-state index contributed by atoms with van der Waals surface area (Å²) in [5, 5.41) is 4.38. The minimum Gasteiger partial charge on any atom is -0.268 e. The summed E-state index contributed by atoms with van der Waals surface area (Å²) in [6, 6.07) is 0.724. The Morgan fingerprint density at radius 3 is 2.80 bits per heavy atom. The van der Waals surface area contributed by atoms with Gasteiger partial charge in [-0.15, -0.1) is 0 Å². The van der Waals surface area contributed by atoms with Crippen LogP contribution in [-0.2, 0) is 0 Å². The molecule has 0 N–H and O–H groups in total. The molecule has 0 spiro atoms. The summed E-state index contributed by atoms with van der Waals surface area (Å²) in [5.41, 5.74) is 1.16. The lowest BCUT2D eigenvalue weighted by Gasteiger charge is -1.92. The van der Waals surface area contributed by atoms with Gasteiger partial charge in [-0.25, -0.2) is 0 Å². The van der Waals surface area contributed by atoms with E-state index in [-0.39, 0.29) is 0 Å². The van der Waals surface area contributed by atoms with Crippen LogP contribution in [0.4, 0.5) is 0 Å². The van der Waals surface area contributed by atoms with E-state index in [9.17, 15) is 0 Å². The molecule has 2 rings (SSSR count). The SMILES string of the molecule is Cc1nn(C2CC2)cc1I. The predicted molar refractivity (Wildman–Crippen MR) is 48.0 cm³/mol. The highest BCUT2D eigenvalue weighted by molar-refractivity contribution is 14.1. The van der Waals surface area contributed by atoms with Crippen molar-refractivity contribution in [3.8, 4) is 0 Å². The van der Waals surface area contributed by atoms with Crippen LogP contribution < -0.4 is 0 Å². The Bertz CT molecular complexity index is 231. The Labute approximate surface area is 73.8 Å². The Kier molecular flexibility index (Phi) is 1.47. The Morgan fingerprint density at radius 1 is 1.70 bits per heavy atom. The smallest absolute Gasteiger partial charge is 0.0727 e. The Hall–Kier alpha value is -0.0600. The highest BCUT2D eigenvalue weighted by Crippen LogP contribution is 2.34. The second-order valence-electron chi connectivity index (χ2n) is 2.77. The lowest BCUT2D eigenvalue weighted by Crippen LogP contribution is -1.93. The van der Waals surface area contributed by atoms with Crippen molar-refractivity contribution in [2.75, 3.05) is 0 Å². The number of halogens is 1. The van der Waals surface area contributed by atoms with Crippen molar-refractivity contribution < 1.29 is 0 Å². The van der Waals surface area contributed by atoms with Gasteiger partial charge in [0.2, 0.25) is 0 Å². The van der Waals surface area contributed by atoms with Gasteiger partial charge >= 0.3 is 0 Å². The topological polar surface area (TPSA) is 17.8 Å². The lowest BCUT2D eigenvalue weighted by molar-refractivity contribution is 0.635. The van der Waals surface area contributed by atoms with Gasteiger partial charge < -0.3 is 0 Å². The van der Waals surface area contributed by atoms with Crippen LogP contribution in [-0.4, -0.2) is 9.78 Å². The number of rotatable bonds is 1. The standard InChI is InChI=1S/C7H9IN2/c1-5-7(8)4-10(9-5)6-2-3-6/h4,6H,2-3H2,1H3. The van der Waals surface area contributed by atoms with E-state index in [1.165, 1.54) is 16.4 Å². The fourth-order valence-electron chi connectivity index (χ4n) is 0.986. The molecule has 1 fully saturated rings. The lowest BCUT2D eigenvalue weighted by atomic mass is 10.5. The van der Waals surface area contributed by atoms with Gasteiger partial charge in [0.15, 0.2) is 0 Å². The minimum absolute atomic E-state index is 0.724. The van der Waals surface area contributed by atoms with Gasteiger partial charge in [0.25, 0.3) is 0 Å². The first kappa shape index (κ1) is 6.64. The van der Waals surface area contributed by atoms with Gasteiger partial charge in [-0.3, -0.25) is 4.68 Å². The molecular weight excluding hydrogens is 239 g/mol. The monoisotopic (exact) mass is 248 g/mol. The number of aryl methyl sites for hydroxylation is 1. The van der Waals surface area contributed by atoms with Crippen LogP contribution in [0.2, 0.25) is 0 Å². The molecule has 0 saturated heterocycles.